The van der Waals surface area contributed by atoms with Crippen molar-refractivity contribution in [1.29, 1.82) is 0 Å². The number of pyridine rings is 2. The van der Waals surface area contributed by atoms with Gasteiger partial charge in [-0.25, -0.2) is 4.98 Å². The van der Waals surface area contributed by atoms with Gasteiger partial charge in [-0.3, -0.25) is 4.79 Å². The van der Waals surface area contributed by atoms with Crippen LogP contribution in [0.2, 0.25) is 10.0 Å². The lowest BCUT2D eigenvalue weighted by Gasteiger charge is -2.21. The molecule has 31 heavy (non-hydrogen) atoms. The topological polar surface area (TPSA) is 62.6 Å². The minimum Gasteiger partial charge on any atom is -0.474 e. The number of hydrogen-bond acceptors (Lipinski definition) is 5. The molecular weight excluding hydrogens is 507 g/mol. The largest absolute Gasteiger partial charge is 0.474 e. The fourth-order valence-corrected chi connectivity index (χ4v) is 5.08. The number of halogens is 3. The molecule has 0 saturated carbocycles. The summed E-state index contributed by atoms with van der Waals surface area (Å²) in [4.78, 5) is 17.3. The standard InChI is InChI=1S/C22H21BrCl2N2O4/c1-11-5-13(23)7-15(24)19(11)27-12(2)6-17(28)18-20(27)16(25)8-26-21(18)29-9-14-10-30-22(3,4)31-14/h5-8,14H,9-10H2,1-4H3. The summed E-state index contributed by atoms with van der Waals surface area (Å²) in [7, 11) is 0. The molecule has 0 aliphatic carbocycles. The zero-order valence-corrected chi connectivity index (χ0v) is 20.6. The summed E-state index contributed by atoms with van der Waals surface area (Å²) in [5.74, 6) is -0.472. The van der Waals surface area contributed by atoms with E-state index < -0.39 is 5.79 Å². The van der Waals surface area contributed by atoms with E-state index in [1.807, 2.05) is 38.3 Å². The molecule has 164 valence electrons. The Morgan fingerprint density at radius 1 is 1.26 bits per heavy atom. The zero-order chi connectivity index (χ0) is 22.5. The smallest absolute Gasteiger partial charge is 0.227 e. The Morgan fingerprint density at radius 2 is 2.00 bits per heavy atom. The van der Waals surface area contributed by atoms with Crippen LogP contribution in [0.15, 0.2) is 33.7 Å². The second kappa shape index (κ2) is 8.37. The third-order valence-electron chi connectivity index (χ3n) is 5.05. The van der Waals surface area contributed by atoms with Gasteiger partial charge in [-0.15, -0.1) is 0 Å². The summed E-state index contributed by atoms with van der Waals surface area (Å²) >= 11 is 16.6. The highest BCUT2D eigenvalue weighted by Crippen LogP contribution is 2.35. The molecule has 0 spiro atoms. The van der Waals surface area contributed by atoms with Gasteiger partial charge in [0.05, 0.1) is 34.1 Å². The lowest BCUT2D eigenvalue weighted by Crippen LogP contribution is -2.25. The fraction of sp³-hybridized carbons (Fsp3) is 0.364. The first-order valence-corrected chi connectivity index (χ1v) is 11.2. The van der Waals surface area contributed by atoms with Crippen LogP contribution in [0.3, 0.4) is 0 Å². The van der Waals surface area contributed by atoms with Gasteiger partial charge < -0.3 is 18.8 Å². The minimum absolute atomic E-state index is 0.192. The van der Waals surface area contributed by atoms with Gasteiger partial charge in [0, 0.05) is 16.2 Å². The first-order valence-electron chi connectivity index (χ1n) is 9.69. The lowest BCUT2D eigenvalue weighted by atomic mass is 10.1. The Kier molecular flexibility index (Phi) is 6.09. The van der Waals surface area contributed by atoms with Crippen molar-refractivity contribution in [3.8, 4) is 11.6 Å². The summed E-state index contributed by atoms with van der Waals surface area (Å²) in [6, 6.07) is 5.29. The predicted octanol–water partition coefficient (Wildman–Crippen LogP) is 5.60. The number of ether oxygens (including phenoxy) is 3. The Morgan fingerprint density at radius 3 is 2.65 bits per heavy atom. The summed E-state index contributed by atoms with van der Waals surface area (Å²) < 4.78 is 20.0. The fourth-order valence-electron chi connectivity index (χ4n) is 3.80. The van der Waals surface area contributed by atoms with Gasteiger partial charge >= 0.3 is 0 Å². The van der Waals surface area contributed by atoms with Crippen molar-refractivity contribution < 1.29 is 14.2 Å². The Bertz CT molecular complexity index is 1220. The molecule has 1 aliphatic rings. The first-order chi connectivity index (χ1) is 14.6. The van der Waals surface area contributed by atoms with E-state index in [1.54, 1.807) is 6.07 Å². The highest BCUT2D eigenvalue weighted by atomic mass is 79.9. The van der Waals surface area contributed by atoms with Crippen molar-refractivity contribution in [2.75, 3.05) is 13.2 Å². The molecule has 0 N–H and O–H groups in total. The lowest BCUT2D eigenvalue weighted by molar-refractivity contribution is -0.141. The highest BCUT2D eigenvalue weighted by molar-refractivity contribution is 9.10. The van der Waals surface area contributed by atoms with E-state index in [9.17, 15) is 4.79 Å². The van der Waals surface area contributed by atoms with E-state index in [-0.39, 0.29) is 29.4 Å². The molecule has 6 nitrogen and oxygen atoms in total. The van der Waals surface area contributed by atoms with Crippen LogP contribution in [0.5, 0.6) is 5.88 Å². The summed E-state index contributed by atoms with van der Waals surface area (Å²) in [6.45, 7) is 8.06. The SMILES string of the molecule is Cc1cc(Br)cc(Cl)c1-n1c(C)cc(=O)c2c(OCC3COC(C)(C)O3)ncc(Cl)c21. The summed E-state index contributed by atoms with van der Waals surface area (Å²) in [5, 5.41) is 1.13. The predicted molar refractivity (Wildman–Crippen MR) is 125 cm³/mol. The summed E-state index contributed by atoms with van der Waals surface area (Å²) in [6.07, 6.45) is 1.21. The molecule has 3 heterocycles. The number of fused-ring (bicyclic) bond motifs is 1. The quantitative estimate of drug-likeness (QED) is 0.441. The normalized spacial score (nSPS) is 18.0. The number of aryl methyl sites for hydroxylation is 2. The van der Waals surface area contributed by atoms with Crippen molar-refractivity contribution in [3.63, 3.8) is 0 Å². The maximum Gasteiger partial charge on any atom is 0.227 e. The molecule has 1 atom stereocenters. The number of rotatable bonds is 4. The van der Waals surface area contributed by atoms with Crippen LogP contribution in [0, 0.1) is 13.8 Å². The van der Waals surface area contributed by atoms with E-state index in [2.05, 4.69) is 20.9 Å². The molecule has 9 heteroatoms. The average molecular weight is 528 g/mol. The van der Waals surface area contributed by atoms with Gasteiger partial charge in [-0.1, -0.05) is 39.1 Å². The average Bonchev–Trinajstić information content (AvgIpc) is 3.01. The number of aromatic nitrogens is 2. The van der Waals surface area contributed by atoms with Crippen molar-refractivity contribution in [3.05, 3.63) is 60.4 Å². The zero-order valence-electron chi connectivity index (χ0n) is 17.5. The molecule has 3 aromatic rings. The Balaban J connectivity index is 1.87. The van der Waals surface area contributed by atoms with Crippen LogP contribution in [-0.2, 0) is 9.47 Å². The van der Waals surface area contributed by atoms with E-state index in [4.69, 9.17) is 37.4 Å². The molecular formula is C22H21BrCl2N2O4. The monoisotopic (exact) mass is 526 g/mol. The van der Waals surface area contributed by atoms with Crippen LogP contribution >= 0.6 is 39.1 Å². The molecule has 2 aromatic heterocycles. The van der Waals surface area contributed by atoms with Crippen molar-refractivity contribution in [2.45, 2.75) is 39.6 Å². The highest BCUT2D eigenvalue weighted by Gasteiger charge is 2.33. The third kappa shape index (κ3) is 4.34. The van der Waals surface area contributed by atoms with Crippen molar-refractivity contribution >= 4 is 50.0 Å². The van der Waals surface area contributed by atoms with E-state index >= 15 is 0 Å². The number of nitrogens with zero attached hydrogens (tertiary/aromatic N) is 2. The molecule has 1 aromatic carbocycles. The van der Waals surface area contributed by atoms with Gasteiger partial charge in [0.15, 0.2) is 11.2 Å². The summed E-state index contributed by atoms with van der Waals surface area (Å²) in [5.41, 5.74) is 2.61. The van der Waals surface area contributed by atoms with Crippen LogP contribution in [0.25, 0.3) is 16.6 Å². The van der Waals surface area contributed by atoms with Gasteiger partial charge in [-0.05, 0) is 45.4 Å². The third-order valence-corrected chi connectivity index (χ3v) is 6.07. The van der Waals surface area contributed by atoms with Crippen molar-refractivity contribution in [2.24, 2.45) is 0 Å². The van der Waals surface area contributed by atoms with Gasteiger partial charge in [0.2, 0.25) is 5.88 Å². The van der Waals surface area contributed by atoms with Gasteiger partial charge in [-0.2, -0.15) is 0 Å². The second-order valence-corrected chi connectivity index (χ2v) is 9.67. The maximum atomic E-state index is 13.0. The first kappa shape index (κ1) is 22.6. The molecule has 0 radical (unpaired) electrons. The molecule has 1 aliphatic heterocycles. The second-order valence-electron chi connectivity index (χ2n) is 7.94. The molecule has 4 rings (SSSR count). The van der Waals surface area contributed by atoms with Crippen LogP contribution in [0.4, 0.5) is 0 Å². The maximum absolute atomic E-state index is 13.0. The van der Waals surface area contributed by atoms with Gasteiger partial charge in [0.25, 0.3) is 0 Å². The molecule has 1 saturated heterocycles. The number of hydrogen-bond donors (Lipinski definition) is 0. The van der Waals surface area contributed by atoms with E-state index in [0.29, 0.717) is 27.9 Å². The van der Waals surface area contributed by atoms with Crippen LogP contribution < -0.4 is 10.2 Å². The Hall–Kier alpha value is -1.64. The van der Waals surface area contributed by atoms with E-state index in [1.165, 1.54) is 12.3 Å². The molecule has 0 amide bonds. The minimum atomic E-state index is -0.663. The molecule has 0 bridgehead atoms. The van der Waals surface area contributed by atoms with E-state index in [0.717, 1.165) is 15.7 Å². The van der Waals surface area contributed by atoms with Crippen molar-refractivity contribution in [1.82, 2.24) is 9.55 Å². The van der Waals surface area contributed by atoms with Crippen LogP contribution in [0.1, 0.15) is 25.1 Å². The Labute approximate surface area is 198 Å². The molecule has 1 unspecified atom stereocenters. The van der Waals surface area contributed by atoms with Gasteiger partial charge in [0.1, 0.15) is 18.1 Å². The van der Waals surface area contributed by atoms with Crippen LogP contribution in [-0.4, -0.2) is 34.7 Å². The number of benzene rings is 1. The molecule has 1 fully saturated rings.